The average molecular weight is 184 g/mol. The molecule has 1 aromatic carbocycles. The largest absolute Gasteiger partial charge is 0.384 e. The van der Waals surface area contributed by atoms with Gasteiger partial charge >= 0.3 is 0 Å². The predicted octanol–water partition coefficient (Wildman–Crippen LogP) is 2.64. The number of hydrogen-bond acceptors (Lipinski definition) is 2. The van der Waals surface area contributed by atoms with Crippen LogP contribution in [0.1, 0.15) is 5.69 Å². The third-order valence-corrected chi connectivity index (χ3v) is 2.19. The van der Waals surface area contributed by atoms with Gasteiger partial charge in [-0.25, -0.2) is 4.98 Å². The van der Waals surface area contributed by atoms with Gasteiger partial charge in [0.15, 0.2) is 0 Å². The first-order valence-corrected chi connectivity index (χ1v) is 4.56. The van der Waals surface area contributed by atoms with E-state index < -0.39 is 0 Å². The smallest absolute Gasteiger partial charge is 0.123 e. The zero-order chi connectivity index (χ0) is 9.97. The summed E-state index contributed by atoms with van der Waals surface area (Å²) in [6.07, 6.45) is 0. The van der Waals surface area contributed by atoms with Crippen LogP contribution in [0.4, 0.5) is 5.82 Å². The van der Waals surface area contributed by atoms with Crippen molar-refractivity contribution in [3.8, 4) is 11.1 Å². The SMILES string of the molecule is Cc1nc(N)ccc1-c1ccccc1. The highest BCUT2D eigenvalue weighted by Crippen LogP contribution is 2.22. The van der Waals surface area contributed by atoms with E-state index in [-0.39, 0.29) is 0 Å². The van der Waals surface area contributed by atoms with Gasteiger partial charge in [0, 0.05) is 11.3 Å². The average Bonchev–Trinajstić information content (AvgIpc) is 2.19. The summed E-state index contributed by atoms with van der Waals surface area (Å²) in [5.74, 6) is 0.571. The van der Waals surface area contributed by atoms with Gasteiger partial charge in [0.05, 0.1) is 0 Å². The summed E-state index contributed by atoms with van der Waals surface area (Å²) in [7, 11) is 0. The molecule has 1 heterocycles. The Hall–Kier alpha value is -1.83. The molecule has 0 bridgehead atoms. The molecule has 2 rings (SSSR count). The highest BCUT2D eigenvalue weighted by molar-refractivity contribution is 5.66. The molecule has 1 aromatic heterocycles. The Balaban J connectivity index is 2.53. The van der Waals surface area contributed by atoms with E-state index in [4.69, 9.17) is 5.73 Å². The van der Waals surface area contributed by atoms with Gasteiger partial charge in [-0.3, -0.25) is 0 Å². The molecule has 0 aliphatic heterocycles. The number of anilines is 1. The lowest BCUT2D eigenvalue weighted by Gasteiger charge is -2.05. The lowest BCUT2D eigenvalue weighted by atomic mass is 10.0. The molecule has 0 aliphatic rings. The van der Waals surface area contributed by atoms with Crippen molar-refractivity contribution < 1.29 is 0 Å². The van der Waals surface area contributed by atoms with Crippen LogP contribution in [0.3, 0.4) is 0 Å². The second-order valence-corrected chi connectivity index (χ2v) is 3.24. The van der Waals surface area contributed by atoms with E-state index in [2.05, 4.69) is 17.1 Å². The third kappa shape index (κ3) is 1.59. The maximum absolute atomic E-state index is 5.59. The molecular formula is C12H12N2. The Kier molecular flexibility index (Phi) is 2.19. The summed E-state index contributed by atoms with van der Waals surface area (Å²) in [5.41, 5.74) is 8.88. The summed E-state index contributed by atoms with van der Waals surface area (Å²) in [5, 5.41) is 0. The number of benzene rings is 1. The molecular weight excluding hydrogens is 172 g/mol. The second kappa shape index (κ2) is 3.50. The second-order valence-electron chi connectivity index (χ2n) is 3.24. The van der Waals surface area contributed by atoms with Gasteiger partial charge in [-0.2, -0.15) is 0 Å². The van der Waals surface area contributed by atoms with Gasteiger partial charge in [-0.1, -0.05) is 30.3 Å². The minimum absolute atomic E-state index is 0.571. The Morgan fingerprint density at radius 2 is 1.71 bits per heavy atom. The fourth-order valence-corrected chi connectivity index (χ4v) is 1.50. The highest BCUT2D eigenvalue weighted by Gasteiger charge is 2.01. The fraction of sp³-hybridized carbons (Fsp3) is 0.0833. The Labute approximate surface area is 83.4 Å². The van der Waals surface area contributed by atoms with Crippen molar-refractivity contribution in [2.45, 2.75) is 6.92 Å². The van der Waals surface area contributed by atoms with Crippen molar-refractivity contribution in [1.29, 1.82) is 0 Å². The van der Waals surface area contributed by atoms with Crippen molar-refractivity contribution in [3.63, 3.8) is 0 Å². The van der Waals surface area contributed by atoms with Gasteiger partial charge in [0.1, 0.15) is 5.82 Å². The van der Waals surface area contributed by atoms with Crippen LogP contribution < -0.4 is 5.73 Å². The maximum Gasteiger partial charge on any atom is 0.123 e. The summed E-state index contributed by atoms with van der Waals surface area (Å²) in [6.45, 7) is 1.97. The maximum atomic E-state index is 5.59. The molecule has 0 aliphatic carbocycles. The quantitative estimate of drug-likeness (QED) is 0.740. The zero-order valence-electron chi connectivity index (χ0n) is 8.07. The lowest BCUT2D eigenvalue weighted by Crippen LogP contribution is -1.93. The Morgan fingerprint density at radius 3 is 2.36 bits per heavy atom. The summed E-state index contributed by atoms with van der Waals surface area (Å²) in [4.78, 5) is 4.23. The van der Waals surface area contributed by atoms with E-state index in [1.807, 2.05) is 37.3 Å². The van der Waals surface area contributed by atoms with E-state index in [1.165, 1.54) is 5.56 Å². The third-order valence-electron chi connectivity index (χ3n) is 2.19. The van der Waals surface area contributed by atoms with Gasteiger partial charge in [0.2, 0.25) is 0 Å². The van der Waals surface area contributed by atoms with Crippen molar-refractivity contribution >= 4 is 5.82 Å². The molecule has 14 heavy (non-hydrogen) atoms. The van der Waals surface area contributed by atoms with Gasteiger partial charge in [0.25, 0.3) is 0 Å². The van der Waals surface area contributed by atoms with Gasteiger partial charge < -0.3 is 5.73 Å². The number of nitrogens with zero attached hydrogens (tertiary/aromatic N) is 1. The number of aromatic nitrogens is 1. The standard InChI is InChI=1S/C12H12N2/c1-9-11(7-8-12(13)14-9)10-5-3-2-4-6-10/h2-8H,1H3,(H2,13,14). The number of rotatable bonds is 1. The van der Waals surface area contributed by atoms with Crippen LogP contribution in [0.15, 0.2) is 42.5 Å². The van der Waals surface area contributed by atoms with Crippen LogP contribution in [0, 0.1) is 6.92 Å². The number of hydrogen-bond donors (Lipinski definition) is 1. The van der Waals surface area contributed by atoms with Crippen LogP contribution in [-0.4, -0.2) is 4.98 Å². The molecule has 2 aromatic rings. The van der Waals surface area contributed by atoms with Crippen molar-refractivity contribution in [2.24, 2.45) is 0 Å². The molecule has 0 saturated carbocycles. The van der Waals surface area contributed by atoms with Crippen LogP contribution in [0.2, 0.25) is 0 Å². The summed E-state index contributed by atoms with van der Waals surface area (Å²) in [6, 6.07) is 14.0. The van der Waals surface area contributed by atoms with Crippen molar-refractivity contribution in [3.05, 3.63) is 48.2 Å². The summed E-state index contributed by atoms with van der Waals surface area (Å²) < 4.78 is 0. The van der Waals surface area contributed by atoms with Crippen LogP contribution in [0.25, 0.3) is 11.1 Å². The first kappa shape index (κ1) is 8.75. The molecule has 0 spiro atoms. The van der Waals surface area contributed by atoms with Gasteiger partial charge in [-0.05, 0) is 24.6 Å². The van der Waals surface area contributed by atoms with Crippen LogP contribution in [-0.2, 0) is 0 Å². The molecule has 2 nitrogen and oxygen atoms in total. The zero-order valence-corrected chi connectivity index (χ0v) is 8.07. The van der Waals surface area contributed by atoms with Crippen LogP contribution in [0.5, 0.6) is 0 Å². The van der Waals surface area contributed by atoms with Crippen molar-refractivity contribution in [2.75, 3.05) is 5.73 Å². The number of nitrogens with two attached hydrogens (primary N) is 1. The molecule has 0 fully saturated rings. The minimum atomic E-state index is 0.571. The van der Waals surface area contributed by atoms with E-state index >= 15 is 0 Å². The van der Waals surface area contributed by atoms with E-state index in [0.717, 1.165) is 11.3 Å². The predicted molar refractivity (Wildman–Crippen MR) is 58.8 cm³/mol. The molecule has 2 N–H and O–H groups in total. The number of aryl methyl sites for hydroxylation is 1. The topological polar surface area (TPSA) is 38.9 Å². The molecule has 0 saturated heterocycles. The number of pyridine rings is 1. The fourth-order valence-electron chi connectivity index (χ4n) is 1.50. The van der Waals surface area contributed by atoms with Crippen molar-refractivity contribution in [1.82, 2.24) is 4.98 Å². The minimum Gasteiger partial charge on any atom is -0.384 e. The highest BCUT2D eigenvalue weighted by atomic mass is 14.8. The lowest BCUT2D eigenvalue weighted by molar-refractivity contribution is 1.21. The molecule has 0 atom stereocenters. The van der Waals surface area contributed by atoms with E-state index in [0.29, 0.717) is 5.82 Å². The first-order valence-electron chi connectivity index (χ1n) is 4.56. The molecule has 2 heteroatoms. The van der Waals surface area contributed by atoms with E-state index in [9.17, 15) is 0 Å². The monoisotopic (exact) mass is 184 g/mol. The van der Waals surface area contributed by atoms with Gasteiger partial charge in [-0.15, -0.1) is 0 Å². The van der Waals surface area contributed by atoms with E-state index in [1.54, 1.807) is 0 Å². The molecule has 70 valence electrons. The Bertz CT molecular complexity index is 435. The molecule has 0 unspecified atom stereocenters. The summed E-state index contributed by atoms with van der Waals surface area (Å²) >= 11 is 0. The number of nitrogen functional groups attached to an aromatic ring is 1. The first-order chi connectivity index (χ1) is 6.77. The molecule has 0 amide bonds. The molecule has 0 radical (unpaired) electrons. The normalized spacial score (nSPS) is 10.1. The van der Waals surface area contributed by atoms with Crippen LogP contribution >= 0.6 is 0 Å². The Morgan fingerprint density at radius 1 is 1.00 bits per heavy atom.